The number of nitriles is 1. The van der Waals surface area contributed by atoms with Crippen LogP contribution in [0.5, 0.6) is 5.75 Å². The molecule has 0 amide bonds. The summed E-state index contributed by atoms with van der Waals surface area (Å²) in [6.07, 6.45) is 1.49. The number of hydrogen-bond acceptors (Lipinski definition) is 4. The lowest BCUT2D eigenvalue weighted by Crippen LogP contribution is -1.95. The molecule has 0 aliphatic heterocycles. The number of rotatable bonds is 3. The molecule has 0 atom stereocenters. The molecule has 1 aromatic carbocycles. The minimum Gasteiger partial charge on any atom is -0.487 e. The Morgan fingerprint density at radius 3 is 3.07 bits per heavy atom. The summed E-state index contributed by atoms with van der Waals surface area (Å²) in [6.45, 7) is 0.339. The quantitative estimate of drug-likeness (QED) is 0.761. The molecule has 0 bridgehead atoms. The van der Waals surface area contributed by atoms with Crippen LogP contribution in [0.15, 0.2) is 41.1 Å². The molecule has 0 spiro atoms. The minimum absolute atomic E-state index is 0.339. The van der Waals surface area contributed by atoms with Crippen molar-refractivity contribution in [1.29, 1.82) is 5.26 Å². The van der Waals surface area contributed by atoms with Crippen molar-refractivity contribution in [3.63, 3.8) is 0 Å². The van der Waals surface area contributed by atoms with E-state index in [2.05, 4.69) is 9.68 Å². The maximum atomic E-state index is 8.68. The monoisotopic (exact) mass is 200 g/mol. The highest BCUT2D eigenvalue weighted by Crippen LogP contribution is 2.13. The van der Waals surface area contributed by atoms with Crippen molar-refractivity contribution in [2.24, 2.45) is 0 Å². The molecule has 0 N–H and O–H groups in total. The molecule has 15 heavy (non-hydrogen) atoms. The van der Waals surface area contributed by atoms with Crippen LogP contribution in [-0.4, -0.2) is 5.16 Å². The Labute approximate surface area is 86.7 Å². The lowest BCUT2D eigenvalue weighted by molar-refractivity contribution is 0.289. The van der Waals surface area contributed by atoms with Gasteiger partial charge in [0, 0.05) is 6.07 Å². The van der Waals surface area contributed by atoms with Gasteiger partial charge in [-0.05, 0) is 18.2 Å². The van der Waals surface area contributed by atoms with Crippen molar-refractivity contribution in [3.8, 4) is 11.8 Å². The van der Waals surface area contributed by atoms with Gasteiger partial charge in [0.05, 0.1) is 11.6 Å². The number of hydrogen-bond donors (Lipinski definition) is 0. The summed E-state index contributed by atoms with van der Waals surface area (Å²) in [4.78, 5) is 0. The molecule has 74 valence electrons. The number of benzene rings is 1. The largest absolute Gasteiger partial charge is 0.487 e. The molecule has 2 rings (SSSR count). The van der Waals surface area contributed by atoms with Crippen molar-refractivity contribution < 1.29 is 9.26 Å². The fraction of sp³-hybridized carbons (Fsp3) is 0.0909. The van der Waals surface area contributed by atoms with E-state index >= 15 is 0 Å². The van der Waals surface area contributed by atoms with Crippen molar-refractivity contribution in [3.05, 3.63) is 47.9 Å². The Morgan fingerprint density at radius 2 is 2.33 bits per heavy atom. The second-order valence-electron chi connectivity index (χ2n) is 2.92. The molecule has 2 aromatic rings. The van der Waals surface area contributed by atoms with E-state index in [0.29, 0.717) is 17.9 Å². The molecule has 0 aliphatic rings. The number of nitrogens with zero attached hydrogens (tertiary/aromatic N) is 2. The highest BCUT2D eigenvalue weighted by Gasteiger charge is 1.99. The average molecular weight is 200 g/mol. The van der Waals surface area contributed by atoms with E-state index in [1.165, 1.54) is 6.26 Å². The number of aromatic nitrogens is 1. The van der Waals surface area contributed by atoms with Gasteiger partial charge < -0.3 is 9.26 Å². The zero-order valence-corrected chi connectivity index (χ0v) is 7.88. The van der Waals surface area contributed by atoms with Crippen molar-refractivity contribution in [1.82, 2.24) is 5.16 Å². The first kappa shape index (κ1) is 9.28. The molecular formula is C11H8N2O2. The van der Waals surface area contributed by atoms with Crippen molar-refractivity contribution in [2.45, 2.75) is 6.61 Å². The highest BCUT2D eigenvalue weighted by atomic mass is 16.5. The fourth-order valence-corrected chi connectivity index (χ4v) is 1.12. The molecule has 0 fully saturated rings. The first-order chi connectivity index (χ1) is 7.38. The van der Waals surface area contributed by atoms with Crippen LogP contribution in [0.2, 0.25) is 0 Å². The third-order valence-electron chi connectivity index (χ3n) is 1.84. The molecule has 4 nitrogen and oxygen atoms in total. The Bertz CT molecular complexity index is 472. The van der Waals surface area contributed by atoms with E-state index in [4.69, 9.17) is 10.00 Å². The van der Waals surface area contributed by atoms with E-state index in [-0.39, 0.29) is 0 Å². The third-order valence-corrected chi connectivity index (χ3v) is 1.84. The summed E-state index contributed by atoms with van der Waals surface area (Å²) < 4.78 is 10.1. The van der Waals surface area contributed by atoms with Crippen LogP contribution in [0.4, 0.5) is 0 Å². The van der Waals surface area contributed by atoms with Gasteiger partial charge in [-0.1, -0.05) is 11.2 Å². The van der Waals surface area contributed by atoms with E-state index < -0.39 is 0 Å². The predicted molar refractivity (Wildman–Crippen MR) is 52.0 cm³/mol. The molecule has 0 radical (unpaired) electrons. The van der Waals surface area contributed by atoms with E-state index in [9.17, 15) is 0 Å². The van der Waals surface area contributed by atoms with E-state index in [0.717, 1.165) is 5.69 Å². The van der Waals surface area contributed by atoms with Gasteiger partial charge in [0.25, 0.3) is 0 Å². The molecular weight excluding hydrogens is 192 g/mol. The van der Waals surface area contributed by atoms with Gasteiger partial charge in [0.15, 0.2) is 0 Å². The van der Waals surface area contributed by atoms with Gasteiger partial charge in [0.2, 0.25) is 0 Å². The van der Waals surface area contributed by atoms with Crippen LogP contribution in [0.1, 0.15) is 11.3 Å². The predicted octanol–water partition coefficient (Wildman–Crippen LogP) is 2.13. The lowest BCUT2D eigenvalue weighted by Gasteiger charge is -2.03. The molecule has 4 heteroatoms. The highest BCUT2D eigenvalue weighted by molar-refractivity contribution is 5.36. The fourth-order valence-electron chi connectivity index (χ4n) is 1.12. The van der Waals surface area contributed by atoms with Gasteiger partial charge in [0.1, 0.15) is 24.3 Å². The Balaban J connectivity index is 2.02. The Kier molecular flexibility index (Phi) is 2.65. The standard InChI is InChI=1S/C11H8N2O2/c12-7-9-2-1-3-11(6-9)14-8-10-4-5-15-13-10/h1-6H,8H2. The summed E-state index contributed by atoms with van der Waals surface area (Å²) in [6, 6.07) is 10.7. The molecule has 0 unspecified atom stereocenters. The van der Waals surface area contributed by atoms with Gasteiger partial charge in [-0.2, -0.15) is 5.26 Å². The Hall–Kier alpha value is -2.28. The van der Waals surface area contributed by atoms with Gasteiger partial charge in [-0.3, -0.25) is 0 Å². The molecule has 0 saturated carbocycles. The molecule has 0 aliphatic carbocycles. The van der Waals surface area contributed by atoms with Gasteiger partial charge in [-0.15, -0.1) is 0 Å². The normalized spacial score (nSPS) is 9.53. The first-order valence-electron chi connectivity index (χ1n) is 4.41. The maximum Gasteiger partial charge on any atom is 0.134 e. The summed E-state index contributed by atoms with van der Waals surface area (Å²) in [5.41, 5.74) is 1.30. The summed E-state index contributed by atoms with van der Waals surface area (Å²) in [5, 5.41) is 12.4. The van der Waals surface area contributed by atoms with Crippen LogP contribution < -0.4 is 4.74 Å². The zero-order valence-electron chi connectivity index (χ0n) is 7.88. The second-order valence-corrected chi connectivity index (χ2v) is 2.92. The van der Waals surface area contributed by atoms with Crippen molar-refractivity contribution >= 4 is 0 Å². The van der Waals surface area contributed by atoms with Crippen LogP contribution in [0, 0.1) is 11.3 Å². The smallest absolute Gasteiger partial charge is 0.134 e. The number of ether oxygens (including phenoxy) is 1. The van der Waals surface area contributed by atoms with Crippen molar-refractivity contribution in [2.75, 3.05) is 0 Å². The third kappa shape index (κ3) is 2.35. The van der Waals surface area contributed by atoms with E-state index in [1.54, 1.807) is 30.3 Å². The van der Waals surface area contributed by atoms with Crippen LogP contribution in [0.25, 0.3) is 0 Å². The van der Waals surface area contributed by atoms with Crippen LogP contribution in [-0.2, 0) is 6.61 Å². The van der Waals surface area contributed by atoms with Gasteiger partial charge in [-0.25, -0.2) is 0 Å². The van der Waals surface area contributed by atoms with Crippen LogP contribution in [0.3, 0.4) is 0 Å². The first-order valence-corrected chi connectivity index (χ1v) is 4.41. The second kappa shape index (κ2) is 4.29. The molecule has 1 aromatic heterocycles. The average Bonchev–Trinajstić information content (AvgIpc) is 2.79. The topological polar surface area (TPSA) is 59.0 Å². The SMILES string of the molecule is N#Cc1cccc(OCc2ccon2)c1. The van der Waals surface area contributed by atoms with E-state index in [1.807, 2.05) is 6.07 Å². The lowest BCUT2D eigenvalue weighted by atomic mass is 10.2. The summed E-state index contributed by atoms with van der Waals surface area (Å²) in [5.74, 6) is 0.650. The van der Waals surface area contributed by atoms with Gasteiger partial charge >= 0.3 is 0 Å². The molecule has 1 heterocycles. The summed E-state index contributed by atoms with van der Waals surface area (Å²) >= 11 is 0. The van der Waals surface area contributed by atoms with Crippen LogP contribution >= 0.6 is 0 Å². The maximum absolute atomic E-state index is 8.68. The zero-order chi connectivity index (χ0) is 10.5. The minimum atomic E-state index is 0.339. The molecule has 0 saturated heterocycles. The Morgan fingerprint density at radius 1 is 1.40 bits per heavy atom. The summed E-state index contributed by atoms with van der Waals surface area (Å²) in [7, 11) is 0.